The van der Waals surface area contributed by atoms with Crippen molar-refractivity contribution in [2.45, 2.75) is 19.1 Å². The fourth-order valence-electron chi connectivity index (χ4n) is 2.97. The summed E-state index contributed by atoms with van der Waals surface area (Å²) in [7, 11) is 0. The summed E-state index contributed by atoms with van der Waals surface area (Å²) < 4.78 is 12.9. The van der Waals surface area contributed by atoms with E-state index in [2.05, 4.69) is 10.3 Å². The maximum atomic E-state index is 12.4. The number of aryl methyl sites for hydroxylation is 1. The third-order valence-electron chi connectivity index (χ3n) is 4.41. The second-order valence-corrected chi connectivity index (χ2v) is 6.31. The quantitative estimate of drug-likeness (QED) is 0.745. The van der Waals surface area contributed by atoms with Gasteiger partial charge in [-0.15, -0.1) is 0 Å². The minimum Gasteiger partial charge on any atom is -0.486 e. The van der Waals surface area contributed by atoms with Crippen LogP contribution in [-0.4, -0.2) is 34.7 Å². The first-order valence-electron chi connectivity index (χ1n) is 8.80. The number of amides is 1. The Bertz CT molecular complexity index is 1030. The molecule has 1 atom stereocenters. The van der Waals surface area contributed by atoms with Gasteiger partial charge in [0.25, 0.3) is 5.56 Å². The van der Waals surface area contributed by atoms with Crippen molar-refractivity contribution in [1.82, 2.24) is 14.9 Å². The fraction of sp³-hybridized carbons (Fsp3) is 0.250. The molecule has 3 aromatic rings. The highest BCUT2D eigenvalue weighted by molar-refractivity contribution is 5.77. The highest BCUT2D eigenvalue weighted by Gasteiger charge is 2.21. The fourth-order valence-corrected chi connectivity index (χ4v) is 2.97. The number of aromatic nitrogens is 2. The molecule has 0 bridgehead atoms. The van der Waals surface area contributed by atoms with Gasteiger partial charge in [-0.2, -0.15) is 0 Å². The maximum Gasteiger partial charge on any atom is 0.261 e. The monoisotopic (exact) mass is 365 g/mol. The lowest BCUT2D eigenvalue weighted by atomic mass is 10.2. The van der Waals surface area contributed by atoms with Crippen LogP contribution < -0.4 is 20.3 Å². The van der Waals surface area contributed by atoms with E-state index in [4.69, 9.17) is 9.47 Å². The molecule has 1 amide bonds. The van der Waals surface area contributed by atoms with E-state index in [1.165, 1.54) is 10.9 Å². The van der Waals surface area contributed by atoms with Crippen LogP contribution in [0.25, 0.3) is 10.9 Å². The number of nitrogens with zero attached hydrogens (tertiary/aromatic N) is 2. The highest BCUT2D eigenvalue weighted by atomic mass is 16.6. The lowest BCUT2D eigenvalue weighted by Crippen LogP contribution is -2.41. The zero-order valence-electron chi connectivity index (χ0n) is 14.6. The van der Waals surface area contributed by atoms with Gasteiger partial charge >= 0.3 is 0 Å². The summed E-state index contributed by atoms with van der Waals surface area (Å²) >= 11 is 0. The number of hydrogen-bond acceptors (Lipinski definition) is 5. The van der Waals surface area contributed by atoms with Gasteiger partial charge in [-0.25, -0.2) is 4.98 Å². The summed E-state index contributed by atoms with van der Waals surface area (Å²) in [6.45, 7) is 0.997. The Kier molecular flexibility index (Phi) is 4.74. The SMILES string of the molecule is O=C(CCn1cnc2ccccc2c1=O)NC[C@@H]1COc2ccccc2O1. The number of fused-ring (bicyclic) bond motifs is 2. The van der Waals surface area contributed by atoms with E-state index in [0.29, 0.717) is 35.6 Å². The molecule has 27 heavy (non-hydrogen) atoms. The molecule has 7 heteroatoms. The molecule has 1 N–H and O–H groups in total. The van der Waals surface area contributed by atoms with Gasteiger partial charge in [0.15, 0.2) is 11.5 Å². The second-order valence-electron chi connectivity index (χ2n) is 6.31. The zero-order valence-corrected chi connectivity index (χ0v) is 14.6. The van der Waals surface area contributed by atoms with Gasteiger partial charge in [-0.1, -0.05) is 24.3 Å². The van der Waals surface area contributed by atoms with Crippen LogP contribution in [0.1, 0.15) is 6.42 Å². The van der Waals surface area contributed by atoms with E-state index in [9.17, 15) is 9.59 Å². The van der Waals surface area contributed by atoms with Crippen molar-refractivity contribution in [3.8, 4) is 11.5 Å². The number of hydrogen-bond donors (Lipinski definition) is 1. The van der Waals surface area contributed by atoms with E-state index < -0.39 is 0 Å². The molecular formula is C20H19N3O4. The van der Waals surface area contributed by atoms with Crippen molar-refractivity contribution < 1.29 is 14.3 Å². The van der Waals surface area contributed by atoms with E-state index in [-0.39, 0.29) is 30.5 Å². The molecule has 1 aliphatic rings. The van der Waals surface area contributed by atoms with Crippen molar-refractivity contribution in [2.75, 3.05) is 13.2 Å². The minimum atomic E-state index is -0.242. The van der Waals surface area contributed by atoms with Crippen molar-refractivity contribution >= 4 is 16.8 Å². The van der Waals surface area contributed by atoms with Crippen molar-refractivity contribution in [2.24, 2.45) is 0 Å². The molecule has 7 nitrogen and oxygen atoms in total. The van der Waals surface area contributed by atoms with Crippen LogP contribution in [0.3, 0.4) is 0 Å². The number of nitrogens with one attached hydrogen (secondary N) is 1. The number of carbonyl (C=O) groups excluding carboxylic acids is 1. The summed E-state index contributed by atoms with van der Waals surface area (Å²) in [4.78, 5) is 28.8. The Labute approximate surface area is 155 Å². The normalized spacial score (nSPS) is 15.5. The van der Waals surface area contributed by atoms with Gasteiger partial charge in [-0.3, -0.25) is 14.2 Å². The lowest BCUT2D eigenvalue weighted by molar-refractivity contribution is -0.121. The molecule has 0 fully saturated rings. The predicted octanol–water partition coefficient (Wildman–Crippen LogP) is 1.74. The molecule has 0 saturated heterocycles. The van der Waals surface area contributed by atoms with Crippen LogP contribution in [0.5, 0.6) is 11.5 Å². The largest absolute Gasteiger partial charge is 0.486 e. The average Bonchev–Trinajstić information content (AvgIpc) is 2.72. The topological polar surface area (TPSA) is 82.5 Å². The second kappa shape index (κ2) is 7.49. The molecule has 0 aliphatic carbocycles. The van der Waals surface area contributed by atoms with Crippen LogP contribution >= 0.6 is 0 Å². The standard InChI is InChI=1S/C20H19N3O4/c24-19(21-11-14-12-26-17-7-3-4-8-18(17)27-14)9-10-23-13-22-16-6-2-1-5-15(16)20(23)25/h1-8,13-14H,9-12H2,(H,21,24)/t14-/m1/s1. The Hall–Kier alpha value is -3.35. The smallest absolute Gasteiger partial charge is 0.261 e. The number of para-hydroxylation sites is 3. The van der Waals surface area contributed by atoms with E-state index in [1.807, 2.05) is 30.3 Å². The van der Waals surface area contributed by atoms with Crippen molar-refractivity contribution in [3.63, 3.8) is 0 Å². The average molecular weight is 365 g/mol. The van der Waals surface area contributed by atoms with E-state index in [0.717, 1.165) is 0 Å². The Morgan fingerprint density at radius 2 is 1.93 bits per heavy atom. The molecule has 1 aliphatic heterocycles. The van der Waals surface area contributed by atoms with Gasteiger partial charge in [0.1, 0.15) is 12.7 Å². The summed E-state index contributed by atoms with van der Waals surface area (Å²) in [6, 6.07) is 14.6. The van der Waals surface area contributed by atoms with Gasteiger partial charge in [-0.05, 0) is 24.3 Å². The molecule has 1 aromatic heterocycles. The minimum absolute atomic E-state index is 0.144. The number of rotatable bonds is 5. The third kappa shape index (κ3) is 3.76. The van der Waals surface area contributed by atoms with Gasteiger partial charge in [0, 0.05) is 13.0 Å². The number of carbonyl (C=O) groups is 1. The summed E-state index contributed by atoms with van der Waals surface area (Å²) in [5.41, 5.74) is 0.506. The van der Waals surface area contributed by atoms with Crippen molar-refractivity contribution in [1.29, 1.82) is 0 Å². The Morgan fingerprint density at radius 1 is 1.15 bits per heavy atom. The molecule has 2 aromatic carbocycles. The van der Waals surface area contributed by atoms with Crippen LogP contribution in [0, 0.1) is 0 Å². The van der Waals surface area contributed by atoms with Gasteiger partial charge in [0.2, 0.25) is 5.91 Å². The first kappa shape index (κ1) is 17.1. The molecule has 0 spiro atoms. The molecule has 4 rings (SSSR count). The summed E-state index contributed by atoms with van der Waals surface area (Å²) in [5.74, 6) is 1.23. The number of benzene rings is 2. The third-order valence-corrected chi connectivity index (χ3v) is 4.41. The van der Waals surface area contributed by atoms with E-state index >= 15 is 0 Å². The zero-order chi connectivity index (χ0) is 18.6. The first-order valence-corrected chi connectivity index (χ1v) is 8.80. The summed E-state index contributed by atoms with van der Waals surface area (Å²) in [5, 5.41) is 3.38. The van der Waals surface area contributed by atoms with Crippen LogP contribution in [0.4, 0.5) is 0 Å². The van der Waals surface area contributed by atoms with Gasteiger partial charge < -0.3 is 14.8 Å². The van der Waals surface area contributed by atoms with E-state index in [1.54, 1.807) is 18.2 Å². The molecule has 0 radical (unpaired) electrons. The lowest BCUT2D eigenvalue weighted by Gasteiger charge is -2.26. The molecule has 0 unspecified atom stereocenters. The molecular weight excluding hydrogens is 346 g/mol. The van der Waals surface area contributed by atoms with Crippen LogP contribution in [-0.2, 0) is 11.3 Å². The molecule has 138 valence electrons. The molecule has 0 saturated carbocycles. The van der Waals surface area contributed by atoms with Crippen LogP contribution in [0.2, 0.25) is 0 Å². The van der Waals surface area contributed by atoms with Crippen LogP contribution in [0.15, 0.2) is 59.7 Å². The number of ether oxygens (including phenoxy) is 2. The Balaban J connectivity index is 1.31. The summed E-state index contributed by atoms with van der Waals surface area (Å²) in [6.07, 6.45) is 1.42. The Morgan fingerprint density at radius 3 is 2.81 bits per heavy atom. The van der Waals surface area contributed by atoms with Crippen molar-refractivity contribution in [3.05, 3.63) is 65.2 Å². The first-order chi connectivity index (χ1) is 13.2. The molecule has 2 heterocycles. The maximum absolute atomic E-state index is 12.4. The predicted molar refractivity (Wildman–Crippen MR) is 100.0 cm³/mol. The highest BCUT2D eigenvalue weighted by Crippen LogP contribution is 2.30. The van der Waals surface area contributed by atoms with Gasteiger partial charge in [0.05, 0.1) is 23.8 Å².